The number of carbonyl (C=O) groups excluding carboxylic acids is 1. The highest BCUT2D eigenvalue weighted by atomic mass is 16.6. The molecule has 3 saturated heterocycles. The first-order valence-electron chi connectivity index (χ1n) is 12.4. The summed E-state index contributed by atoms with van der Waals surface area (Å²) < 4.78 is 5.98. The standard InChI is InChI=1S/C25H40N2O2/c1-18-7-6-10-25(2)16-23-20(15-22(18)25)21(24(28)29-23)17-26-13-8-19(9-14-26)27-11-4-3-5-12-27/h19-23H,1,3-17H2,2H3/t20-,21+,22-,23-,25-/m1/s1. The number of ether oxygens (including phenoxy) is 1. The molecule has 2 aliphatic carbocycles. The van der Waals surface area contributed by atoms with E-state index in [4.69, 9.17) is 4.74 Å². The minimum Gasteiger partial charge on any atom is -0.462 e. The maximum atomic E-state index is 12.8. The third-order valence-corrected chi connectivity index (χ3v) is 9.24. The van der Waals surface area contributed by atoms with Crippen molar-refractivity contribution in [3.05, 3.63) is 12.2 Å². The first-order chi connectivity index (χ1) is 14.0. The van der Waals surface area contributed by atoms with Gasteiger partial charge in [0.15, 0.2) is 0 Å². The van der Waals surface area contributed by atoms with E-state index in [-0.39, 0.29) is 18.0 Å². The molecule has 4 nitrogen and oxygen atoms in total. The Balaban J connectivity index is 1.20. The van der Waals surface area contributed by atoms with Crippen LogP contribution < -0.4 is 0 Å². The topological polar surface area (TPSA) is 32.8 Å². The lowest BCUT2D eigenvalue weighted by Gasteiger charge is -2.50. The van der Waals surface area contributed by atoms with Gasteiger partial charge in [0.25, 0.3) is 0 Å². The molecule has 29 heavy (non-hydrogen) atoms. The SMILES string of the molecule is C=C1CCC[C@]2(C)C[C@H]3OC(=O)[C@@H](CN4CCC(N5CCCCC5)CC4)[C@H]3C[C@H]12. The summed E-state index contributed by atoms with van der Waals surface area (Å²) in [5, 5.41) is 0. The van der Waals surface area contributed by atoms with Crippen LogP contribution >= 0.6 is 0 Å². The lowest BCUT2D eigenvalue weighted by atomic mass is 9.55. The van der Waals surface area contributed by atoms with Gasteiger partial charge in [-0.15, -0.1) is 0 Å². The fourth-order valence-electron chi connectivity index (χ4n) is 7.49. The molecule has 5 atom stereocenters. The number of hydrogen-bond donors (Lipinski definition) is 0. The number of piperidine rings is 2. The van der Waals surface area contributed by atoms with Gasteiger partial charge in [0, 0.05) is 18.5 Å². The molecule has 0 bridgehead atoms. The summed E-state index contributed by atoms with van der Waals surface area (Å²) in [6.45, 7) is 12.7. The van der Waals surface area contributed by atoms with Crippen molar-refractivity contribution in [1.29, 1.82) is 0 Å². The molecule has 0 unspecified atom stereocenters. The second kappa shape index (κ2) is 8.00. The van der Waals surface area contributed by atoms with E-state index in [9.17, 15) is 4.79 Å². The molecule has 5 rings (SSSR count). The van der Waals surface area contributed by atoms with Crippen molar-refractivity contribution in [3.63, 3.8) is 0 Å². The van der Waals surface area contributed by atoms with E-state index in [1.807, 2.05) is 0 Å². The van der Waals surface area contributed by atoms with Gasteiger partial charge in [-0.3, -0.25) is 4.79 Å². The first-order valence-corrected chi connectivity index (χ1v) is 12.4. The van der Waals surface area contributed by atoms with Crippen LogP contribution in [0.25, 0.3) is 0 Å². The molecule has 0 radical (unpaired) electrons. The maximum Gasteiger partial charge on any atom is 0.310 e. The third-order valence-electron chi connectivity index (χ3n) is 9.24. The lowest BCUT2D eigenvalue weighted by Crippen LogP contribution is -2.49. The largest absolute Gasteiger partial charge is 0.462 e. The van der Waals surface area contributed by atoms with Crippen molar-refractivity contribution in [2.45, 2.75) is 83.3 Å². The van der Waals surface area contributed by atoms with Crippen LogP contribution in [0.2, 0.25) is 0 Å². The molecule has 162 valence electrons. The predicted molar refractivity (Wildman–Crippen MR) is 116 cm³/mol. The van der Waals surface area contributed by atoms with Crippen LogP contribution in [-0.2, 0) is 9.53 Å². The van der Waals surface area contributed by atoms with E-state index in [0.717, 1.165) is 38.5 Å². The molecule has 0 spiro atoms. The summed E-state index contributed by atoms with van der Waals surface area (Å²) in [7, 11) is 0. The molecular weight excluding hydrogens is 360 g/mol. The predicted octanol–water partition coefficient (Wildman–Crippen LogP) is 4.25. The van der Waals surface area contributed by atoms with E-state index in [0.29, 0.717) is 17.3 Å². The van der Waals surface area contributed by atoms with Gasteiger partial charge in [0.1, 0.15) is 6.10 Å². The zero-order valence-corrected chi connectivity index (χ0v) is 18.4. The molecule has 5 fully saturated rings. The minimum atomic E-state index is 0.0887. The minimum absolute atomic E-state index is 0.0887. The molecule has 0 N–H and O–H groups in total. The first kappa shape index (κ1) is 20.1. The summed E-state index contributed by atoms with van der Waals surface area (Å²) >= 11 is 0. The molecule has 3 heterocycles. The number of carbonyl (C=O) groups is 1. The van der Waals surface area contributed by atoms with Crippen molar-refractivity contribution < 1.29 is 9.53 Å². The molecule has 0 aromatic rings. The molecule has 5 aliphatic rings. The van der Waals surface area contributed by atoms with Crippen LogP contribution in [0.5, 0.6) is 0 Å². The van der Waals surface area contributed by atoms with Crippen molar-refractivity contribution in [2.24, 2.45) is 23.2 Å². The second-order valence-electron chi connectivity index (χ2n) is 11.0. The molecule has 3 aliphatic heterocycles. The maximum absolute atomic E-state index is 12.8. The molecule has 0 aromatic carbocycles. The smallest absolute Gasteiger partial charge is 0.310 e. The Hall–Kier alpha value is -0.870. The van der Waals surface area contributed by atoms with Gasteiger partial charge in [0.05, 0.1) is 5.92 Å². The van der Waals surface area contributed by atoms with Gasteiger partial charge in [-0.25, -0.2) is 0 Å². The summed E-state index contributed by atoms with van der Waals surface area (Å²) in [4.78, 5) is 18.1. The zero-order valence-electron chi connectivity index (χ0n) is 18.4. The molecule has 0 amide bonds. The highest BCUT2D eigenvalue weighted by Crippen LogP contribution is 2.57. The van der Waals surface area contributed by atoms with E-state index in [2.05, 4.69) is 23.3 Å². The van der Waals surface area contributed by atoms with E-state index in [1.165, 1.54) is 70.0 Å². The second-order valence-corrected chi connectivity index (χ2v) is 11.0. The third kappa shape index (κ3) is 3.80. The van der Waals surface area contributed by atoms with E-state index in [1.54, 1.807) is 0 Å². The molecule has 0 aromatic heterocycles. The Labute approximate surface area is 177 Å². The van der Waals surface area contributed by atoms with Gasteiger partial charge >= 0.3 is 5.97 Å². The quantitative estimate of drug-likeness (QED) is 0.524. The Bertz CT molecular complexity index is 635. The molecular formula is C25H40N2O2. The van der Waals surface area contributed by atoms with Crippen molar-refractivity contribution in [2.75, 3.05) is 32.7 Å². The molecule has 2 saturated carbocycles. The van der Waals surface area contributed by atoms with Crippen LogP contribution in [-0.4, -0.2) is 60.6 Å². The number of allylic oxidation sites excluding steroid dienone is 1. The van der Waals surface area contributed by atoms with Crippen LogP contribution in [0.1, 0.15) is 71.1 Å². The van der Waals surface area contributed by atoms with Crippen molar-refractivity contribution in [3.8, 4) is 0 Å². The fraction of sp³-hybridized carbons (Fsp3) is 0.880. The normalized spacial score (nSPS) is 42.4. The fourth-order valence-corrected chi connectivity index (χ4v) is 7.49. The summed E-state index contributed by atoms with van der Waals surface area (Å²) in [5.41, 5.74) is 1.75. The number of nitrogens with zero attached hydrogens (tertiary/aromatic N) is 2. The van der Waals surface area contributed by atoms with Crippen molar-refractivity contribution in [1.82, 2.24) is 9.80 Å². The number of likely N-dealkylation sites (tertiary alicyclic amines) is 2. The Morgan fingerprint density at radius 3 is 2.62 bits per heavy atom. The van der Waals surface area contributed by atoms with Crippen LogP contribution in [0.3, 0.4) is 0 Å². The van der Waals surface area contributed by atoms with Crippen molar-refractivity contribution >= 4 is 5.97 Å². The number of hydrogen-bond acceptors (Lipinski definition) is 4. The average molecular weight is 401 g/mol. The average Bonchev–Trinajstić information content (AvgIpc) is 3.01. The Morgan fingerprint density at radius 1 is 1.10 bits per heavy atom. The van der Waals surface area contributed by atoms with Gasteiger partial charge in [0.2, 0.25) is 0 Å². The van der Waals surface area contributed by atoms with Crippen LogP contribution in [0.4, 0.5) is 0 Å². The zero-order chi connectivity index (χ0) is 20.0. The van der Waals surface area contributed by atoms with E-state index >= 15 is 0 Å². The summed E-state index contributed by atoms with van der Waals surface area (Å²) in [6.07, 6.45) is 12.8. The van der Waals surface area contributed by atoms with E-state index < -0.39 is 0 Å². The number of fused-ring (bicyclic) bond motifs is 2. The van der Waals surface area contributed by atoms with Crippen LogP contribution in [0, 0.1) is 23.2 Å². The Morgan fingerprint density at radius 2 is 1.86 bits per heavy atom. The summed E-state index contributed by atoms with van der Waals surface area (Å²) in [5.74, 6) is 1.19. The summed E-state index contributed by atoms with van der Waals surface area (Å²) in [6, 6.07) is 0.774. The lowest BCUT2D eigenvalue weighted by molar-refractivity contribution is -0.146. The van der Waals surface area contributed by atoms with Gasteiger partial charge < -0.3 is 14.5 Å². The van der Waals surface area contributed by atoms with Gasteiger partial charge in [-0.2, -0.15) is 0 Å². The monoisotopic (exact) mass is 400 g/mol. The highest BCUT2D eigenvalue weighted by molar-refractivity contribution is 5.75. The van der Waals surface area contributed by atoms with Crippen LogP contribution in [0.15, 0.2) is 12.2 Å². The number of esters is 1. The number of rotatable bonds is 3. The van der Waals surface area contributed by atoms with Gasteiger partial charge in [-0.1, -0.05) is 25.5 Å². The molecule has 4 heteroatoms. The Kier molecular flexibility index (Phi) is 5.53. The highest BCUT2D eigenvalue weighted by Gasteiger charge is 2.55. The van der Waals surface area contributed by atoms with Gasteiger partial charge in [-0.05, 0) is 95.3 Å².